The van der Waals surface area contributed by atoms with Crippen LogP contribution in [-0.2, 0) is 0 Å². The number of likely N-dealkylation sites (N-methyl/N-ethyl adjacent to an activating group) is 1. The number of carbonyl (C=O) groups is 1. The van der Waals surface area contributed by atoms with Crippen LogP contribution in [0.1, 0.15) is 54.1 Å². The van der Waals surface area contributed by atoms with E-state index >= 15 is 4.39 Å². The number of aromatic nitrogens is 3. The third-order valence-corrected chi connectivity index (χ3v) is 6.47. The summed E-state index contributed by atoms with van der Waals surface area (Å²) in [6, 6.07) is 1.53. The minimum atomic E-state index is -0.769. The summed E-state index contributed by atoms with van der Waals surface area (Å²) >= 11 is 6.35. The van der Waals surface area contributed by atoms with Crippen LogP contribution in [0.3, 0.4) is 0 Å². The van der Waals surface area contributed by atoms with Crippen molar-refractivity contribution in [2.75, 3.05) is 39.0 Å². The van der Waals surface area contributed by atoms with E-state index in [4.69, 9.17) is 27.1 Å². The number of rotatable bonds is 5. The first-order valence-electron chi connectivity index (χ1n) is 11.4. The average molecular weight is 489 g/mol. The van der Waals surface area contributed by atoms with Gasteiger partial charge in [-0.05, 0) is 33.9 Å². The highest BCUT2D eigenvalue weighted by Gasteiger charge is 2.32. The highest BCUT2D eigenvalue weighted by Crippen LogP contribution is 2.40. The number of aryl methyl sites for hydroxylation is 1. The zero-order valence-electron chi connectivity index (χ0n) is 20.1. The lowest BCUT2D eigenvalue weighted by atomic mass is 9.95. The van der Waals surface area contributed by atoms with Gasteiger partial charge in [0.2, 0.25) is 0 Å². The number of carbonyl (C=O) groups excluding carboxylic acids is 1. The molecular formula is C24H30ClFN6O2. The number of benzene rings is 1. The molecule has 2 aromatic heterocycles. The zero-order valence-corrected chi connectivity index (χ0v) is 20.9. The molecule has 8 nitrogen and oxygen atoms in total. The predicted octanol–water partition coefficient (Wildman–Crippen LogP) is 3.74. The second kappa shape index (κ2) is 9.38. The fraction of sp³-hybridized carbons (Fsp3) is 0.458. The summed E-state index contributed by atoms with van der Waals surface area (Å²) in [5.41, 5.74) is 7.96. The molecule has 3 heterocycles. The van der Waals surface area contributed by atoms with Crippen LogP contribution in [0.25, 0.3) is 5.52 Å². The van der Waals surface area contributed by atoms with Crippen LogP contribution >= 0.6 is 11.6 Å². The first kappa shape index (κ1) is 24.2. The predicted molar refractivity (Wildman–Crippen MR) is 130 cm³/mol. The van der Waals surface area contributed by atoms with E-state index in [1.54, 1.807) is 17.3 Å². The normalized spacial score (nSPS) is 15.8. The van der Waals surface area contributed by atoms with Crippen molar-refractivity contribution in [1.29, 1.82) is 0 Å². The monoisotopic (exact) mass is 488 g/mol. The topological polar surface area (TPSA) is 89.0 Å². The van der Waals surface area contributed by atoms with Crippen molar-refractivity contribution in [3.05, 3.63) is 51.9 Å². The summed E-state index contributed by atoms with van der Waals surface area (Å²) in [7, 11) is 1.99. The maximum absolute atomic E-state index is 15.4. The van der Waals surface area contributed by atoms with Crippen LogP contribution in [0.2, 0.25) is 5.02 Å². The maximum atomic E-state index is 15.4. The Labute approximate surface area is 203 Å². The van der Waals surface area contributed by atoms with Crippen LogP contribution in [0.15, 0.2) is 18.5 Å². The van der Waals surface area contributed by atoms with E-state index in [2.05, 4.69) is 9.88 Å². The SMILES string of the molecule is Cc1nc(C(C)c2cc(Cl)c(F)c(C(=O)N3CCN(C)CC3)c2OC(C)C)n2ccnc(N)c12. The molecule has 4 rings (SSSR count). The molecule has 1 aliphatic heterocycles. The minimum absolute atomic E-state index is 0.130. The van der Waals surface area contributed by atoms with E-state index in [0.717, 1.165) is 5.69 Å². The second-order valence-electron chi connectivity index (χ2n) is 9.04. The quantitative estimate of drug-likeness (QED) is 0.588. The van der Waals surface area contributed by atoms with Crippen molar-refractivity contribution in [2.45, 2.75) is 39.7 Å². The molecule has 0 bridgehead atoms. The summed E-state index contributed by atoms with van der Waals surface area (Å²) in [5.74, 6) is -0.341. The zero-order chi connectivity index (χ0) is 24.7. The molecule has 0 radical (unpaired) electrons. The molecule has 2 N–H and O–H groups in total. The number of nitrogen functional groups attached to an aromatic ring is 1. The molecular weight excluding hydrogens is 459 g/mol. The van der Waals surface area contributed by atoms with Gasteiger partial charge in [-0.2, -0.15) is 0 Å². The second-order valence-corrected chi connectivity index (χ2v) is 9.44. The number of piperazine rings is 1. The van der Waals surface area contributed by atoms with Gasteiger partial charge in [0.15, 0.2) is 5.82 Å². The highest BCUT2D eigenvalue weighted by atomic mass is 35.5. The average Bonchev–Trinajstić information content (AvgIpc) is 3.13. The number of anilines is 1. The molecule has 1 unspecified atom stereocenters. The van der Waals surface area contributed by atoms with Gasteiger partial charge in [0, 0.05) is 50.1 Å². The Morgan fingerprint density at radius 1 is 1.24 bits per heavy atom. The number of fused-ring (bicyclic) bond motifs is 1. The Balaban J connectivity index is 1.88. The van der Waals surface area contributed by atoms with Gasteiger partial charge in [-0.3, -0.25) is 9.20 Å². The van der Waals surface area contributed by atoms with Gasteiger partial charge in [0.25, 0.3) is 5.91 Å². The Kier molecular flexibility index (Phi) is 6.69. The van der Waals surface area contributed by atoms with Crippen molar-refractivity contribution >= 4 is 28.8 Å². The van der Waals surface area contributed by atoms with Crippen molar-refractivity contribution in [3.63, 3.8) is 0 Å². The van der Waals surface area contributed by atoms with E-state index in [0.29, 0.717) is 48.9 Å². The van der Waals surface area contributed by atoms with E-state index < -0.39 is 11.7 Å². The molecule has 0 saturated carbocycles. The number of hydrogen-bond acceptors (Lipinski definition) is 6. The summed E-state index contributed by atoms with van der Waals surface area (Å²) in [6.07, 6.45) is 3.09. The first-order valence-corrected chi connectivity index (χ1v) is 11.7. The number of halogens is 2. The van der Waals surface area contributed by atoms with Gasteiger partial charge in [-0.1, -0.05) is 18.5 Å². The molecule has 1 saturated heterocycles. The molecule has 10 heteroatoms. The van der Waals surface area contributed by atoms with Crippen LogP contribution in [-0.4, -0.2) is 69.4 Å². The Morgan fingerprint density at radius 3 is 2.56 bits per heavy atom. The van der Waals surface area contributed by atoms with Crippen molar-refractivity contribution < 1.29 is 13.9 Å². The number of amides is 1. The molecule has 3 aromatic rings. The standard InChI is InChI=1S/C24H30ClFN6O2/c1-13(2)34-21-16(14(3)23-29-15(4)20-22(27)28-6-7-32(20)23)12-17(25)19(26)18(21)24(33)31-10-8-30(5)9-11-31/h6-7,12-14H,8-11H2,1-5H3,(H2,27,28). The number of imidazole rings is 1. The molecule has 1 aromatic carbocycles. The molecule has 1 aliphatic rings. The van der Waals surface area contributed by atoms with Crippen LogP contribution in [0, 0.1) is 12.7 Å². The lowest BCUT2D eigenvalue weighted by Crippen LogP contribution is -2.47. The number of nitrogens with two attached hydrogens (primary N) is 1. The Hall–Kier alpha value is -2.91. The fourth-order valence-corrected chi connectivity index (χ4v) is 4.60. The van der Waals surface area contributed by atoms with Gasteiger partial charge in [0.05, 0.1) is 16.8 Å². The Bertz CT molecular complexity index is 1240. The number of nitrogens with zero attached hydrogens (tertiary/aromatic N) is 5. The van der Waals surface area contributed by atoms with Gasteiger partial charge in [-0.15, -0.1) is 0 Å². The summed E-state index contributed by atoms with van der Waals surface area (Å²) in [5, 5.41) is -0.130. The first-order chi connectivity index (χ1) is 16.1. The fourth-order valence-electron chi connectivity index (χ4n) is 4.38. The van der Waals surface area contributed by atoms with Crippen molar-refractivity contribution in [3.8, 4) is 5.75 Å². The van der Waals surface area contributed by atoms with Crippen LogP contribution in [0.4, 0.5) is 10.2 Å². The van der Waals surface area contributed by atoms with E-state index in [-0.39, 0.29) is 28.4 Å². The number of ether oxygens (including phenoxy) is 1. The Morgan fingerprint density at radius 2 is 1.91 bits per heavy atom. The third-order valence-electron chi connectivity index (χ3n) is 6.20. The highest BCUT2D eigenvalue weighted by molar-refractivity contribution is 6.31. The minimum Gasteiger partial charge on any atom is -0.490 e. The third kappa shape index (κ3) is 4.30. The summed E-state index contributed by atoms with van der Waals surface area (Å²) in [6.45, 7) is 9.89. The summed E-state index contributed by atoms with van der Waals surface area (Å²) in [4.78, 5) is 26.2. The smallest absolute Gasteiger partial charge is 0.260 e. The molecule has 182 valence electrons. The maximum Gasteiger partial charge on any atom is 0.260 e. The lowest BCUT2D eigenvalue weighted by Gasteiger charge is -2.33. The van der Waals surface area contributed by atoms with E-state index in [1.807, 2.05) is 39.1 Å². The van der Waals surface area contributed by atoms with Crippen molar-refractivity contribution in [1.82, 2.24) is 24.2 Å². The molecule has 0 aliphatic carbocycles. The summed E-state index contributed by atoms with van der Waals surface area (Å²) < 4.78 is 23.4. The molecule has 1 fully saturated rings. The molecule has 34 heavy (non-hydrogen) atoms. The van der Waals surface area contributed by atoms with Gasteiger partial charge in [-0.25, -0.2) is 14.4 Å². The van der Waals surface area contributed by atoms with Gasteiger partial charge < -0.3 is 20.3 Å². The van der Waals surface area contributed by atoms with Crippen molar-refractivity contribution in [2.24, 2.45) is 0 Å². The lowest BCUT2D eigenvalue weighted by molar-refractivity contribution is 0.0652. The van der Waals surface area contributed by atoms with E-state index in [1.165, 1.54) is 6.07 Å². The molecule has 0 spiro atoms. The molecule has 1 amide bonds. The van der Waals surface area contributed by atoms with Crippen LogP contribution in [0.5, 0.6) is 5.75 Å². The molecule has 1 atom stereocenters. The largest absolute Gasteiger partial charge is 0.490 e. The number of hydrogen-bond donors (Lipinski definition) is 1. The van der Waals surface area contributed by atoms with Gasteiger partial charge in [0.1, 0.15) is 28.5 Å². The van der Waals surface area contributed by atoms with Gasteiger partial charge >= 0.3 is 0 Å². The van der Waals surface area contributed by atoms with E-state index in [9.17, 15) is 4.79 Å². The van der Waals surface area contributed by atoms with Crippen LogP contribution < -0.4 is 10.5 Å².